The SMILES string of the molecule is C/C=C\C(NC1CCN(C)CC1)=C(/C)S/C=C/C. The van der Waals surface area contributed by atoms with Gasteiger partial charge in [0.1, 0.15) is 0 Å². The van der Waals surface area contributed by atoms with Gasteiger partial charge in [0.15, 0.2) is 0 Å². The molecule has 0 bridgehead atoms. The van der Waals surface area contributed by atoms with Crippen LogP contribution in [0.1, 0.15) is 33.6 Å². The Bertz CT molecular complexity index is 323. The molecule has 2 nitrogen and oxygen atoms in total. The molecule has 0 spiro atoms. The predicted molar refractivity (Wildman–Crippen MR) is 83.6 cm³/mol. The third-order valence-electron chi connectivity index (χ3n) is 3.17. The van der Waals surface area contributed by atoms with E-state index >= 15 is 0 Å². The molecule has 1 fully saturated rings. The molecule has 0 aliphatic carbocycles. The Morgan fingerprint density at radius 3 is 2.44 bits per heavy atom. The molecule has 18 heavy (non-hydrogen) atoms. The van der Waals surface area contributed by atoms with Gasteiger partial charge < -0.3 is 10.2 Å². The fourth-order valence-corrected chi connectivity index (χ4v) is 2.63. The van der Waals surface area contributed by atoms with Crippen molar-refractivity contribution in [2.75, 3.05) is 20.1 Å². The summed E-state index contributed by atoms with van der Waals surface area (Å²) < 4.78 is 0. The van der Waals surface area contributed by atoms with Crippen molar-refractivity contribution >= 4 is 11.8 Å². The molecule has 0 amide bonds. The molecule has 0 aromatic rings. The van der Waals surface area contributed by atoms with Gasteiger partial charge in [0.2, 0.25) is 0 Å². The summed E-state index contributed by atoms with van der Waals surface area (Å²) in [5, 5.41) is 5.83. The summed E-state index contributed by atoms with van der Waals surface area (Å²) in [7, 11) is 2.20. The standard InChI is InChI=1S/C15H26N2S/c1-5-7-15(13(3)18-12-6-2)16-14-8-10-17(4)11-9-14/h5-7,12,14,16H,8-11H2,1-4H3/b7-5-,12-6+,15-13-. The quantitative estimate of drug-likeness (QED) is 0.763. The monoisotopic (exact) mass is 266 g/mol. The van der Waals surface area contributed by atoms with Crippen LogP contribution in [0.4, 0.5) is 0 Å². The summed E-state index contributed by atoms with van der Waals surface area (Å²) in [6, 6.07) is 0.619. The molecular formula is C15H26N2S. The number of hydrogen-bond donors (Lipinski definition) is 1. The Labute approximate surface area is 116 Å². The highest BCUT2D eigenvalue weighted by Crippen LogP contribution is 2.21. The van der Waals surface area contributed by atoms with E-state index in [0.717, 1.165) is 0 Å². The average Bonchev–Trinajstić information content (AvgIpc) is 2.38. The summed E-state index contributed by atoms with van der Waals surface area (Å²) in [6.45, 7) is 8.70. The van der Waals surface area contributed by atoms with Crippen LogP contribution >= 0.6 is 11.8 Å². The number of piperidine rings is 1. The molecule has 102 valence electrons. The second-order valence-corrected chi connectivity index (χ2v) is 5.90. The first-order valence-electron chi connectivity index (χ1n) is 6.73. The molecule has 3 heteroatoms. The van der Waals surface area contributed by atoms with Crippen LogP contribution < -0.4 is 5.32 Å². The van der Waals surface area contributed by atoms with Crippen molar-refractivity contribution in [3.8, 4) is 0 Å². The van der Waals surface area contributed by atoms with Gasteiger partial charge in [0.05, 0.1) is 0 Å². The molecule has 0 atom stereocenters. The Morgan fingerprint density at radius 1 is 1.22 bits per heavy atom. The van der Waals surface area contributed by atoms with Gasteiger partial charge in [-0.1, -0.05) is 12.2 Å². The van der Waals surface area contributed by atoms with Crippen LogP contribution in [0, 0.1) is 0 Å². The third-order valence-corrected chi connectivity index (χ3v) is 4.15. The van der Waals surface area contributed by atoms with Crippen LogP contribution in [0.2, 0.25) is 0 Å². The van der Waals surface area contributed by atoms with E-state index in [-0.39, 0.29) is 0 Å². The van der Waals surface area contributed by atoms with Crippen molar-refractivity contribution in [3.63, 3.8) is 0 Å². The summed E-state index contributed by atoms with van der Waals surface area (Å²) >= 11 is 1.79. The fourth-order valence-electron chi connectivity index (χ4n) is 2.04. The lowest BCUT2D eigenvalue weighted by Crippen LogP contribution is -2.40. The second kappa shape index (κ2) is 8.44. The number of nitrogens with one attached hydrogen (secondary N) is 1. The largest absolute Gasteiger partial charge is 0.382 e. The van der Waals surface area contributed by atoms with Crippen molar-refractivity contribution in [1.82, 2.24) is 10.2 Å². The number of likely N-dealkylation sites (tertiary alicyclic amines) is 1. The summed E-state index contributed by atoms with van der Waals surface area (Å²) in [5.41, 5.74) is 1.27. The number of hydrogen-bond acceptors (Lipinski definition) is 3. The van der Waals surface area contributed by atoms with E-state index in [9.17, 15) is 0 Å². The molecule has 1 heterocycles. The third kappa shape index (κ3) is 5.32. The van der Waals surface area contributed by atoms with Crippen molar-refractivity contribution < 1.29 is 0 Å². The highest BCUT2D eigenvalue weighted by atomic mass is 32.2. The van der Waals surface area contributed by atoms with Gasteiger partial charge in [-0.15, -0.1) is 11.8 Å². The van der Waals surface area contributed by atoms with E-state index in [1.165, 1.54) is 36.5 Å². The van der Waals surface area contributed by atoms with E-state index in [2.05, 4.69) is 61.7 Å². The van der Waals surface area contributed by atoms with Gasteiger partial charge >= 0.3 is 0 Å². The predicted octanol–water partition coefficient (Wildman–Crippen LogP) is 3.74. The number of rotatable bonds is 5. The summed E-state index contributed by atoms with van der Waals surface area (Å²) in [6.07, 6.45) is 8.84. The summed E-state index contributed by atoms with van der Waals surface area (Å²) in [4.78, 5) is 3.74. The Morgan fingerprint density at radius 2 is 1.89 bits per heavy atom. The van der Waals surface area contributed by atoms with Crippen LogP contribution in [0.25, 0.3) is 0 Å². The van der Waals surface area contributed by atoms with E-state index in [4.69, 9.17) is 0 Å². The zero-order valence-electron chi connectivity index (χ0n) is 12.1. The first-order valence-corrected chi connectivity index (χ1v) is 7.61. The van der Waals surface area contributed by atoms with E-state index in [0.29, 0.717) is 6.04 Å². The Balaban J connectivity index is 2.62. The van der Waals surface area contributed by atoms with Crippen LogP contribution in [-0.2, 0) is 0 Å². The van der Waals surface area contributed by atoms with Gasteiger partial charge in [-0.2, -0.15) is 0 Å². The molecular weight excluding hydrogens is 240 g/mol. The van der Waals surface area contributed by atoms with Crippen LogP contribution in [0.5, 0.6) is 0 Å². The maximum absolute atomic E-state index is 3.70. The highest BCUT2D eigenvalue weighted by molar-refractivity contribution is 8.05. The molecule has 1 saturated heterocycles. The number of nitrogens with zero attached hydrogens (tertiary/aromatic N) is 1. The second-order valence-electron chi connectivity index (χ2n) is 4.78. The molecule has 1 N–H and O–H groups in total. The molecule has 1 aliphatic heterocycles. The van der Waals surface area contributed by atoms with Crippen molar-refractivity contribution in [2.24, 2.45) is 0 Å². The minimum Gasteiger partial charge on any atom is -0.382 e. The van der Waals surface area contributed by atoms with E-state index in [1.807, 2.05) is 0 Å². The van der Waals surface area contributed by atoms with Crippen LogP contribution in [0.15, 0.2) is 34.2 Å². The fraction of sp³-hybridized carbons (Fsp3) is 0.600. The van der Waals surface area contributed by atoms with Crippen molar-refractivity contribution in [1.29, 1.82) is 0 Å². The molecule has 0 unspecified atom stereocenters. The lowest BCUT2D eigenvalue weighted by atomic mass is 10.1. The Kier molecular flexibility index (Phi) is 7.21. The maximum Gasteiger partial charge on any atom is 0.0436 e. The first-order chi connectivity index (χ1) is 8.67. The van der Waals surface area contributed by atoms with Crippen LogP contribution in [0.3, 0.4) is 0 Å². The molecule has 0 aromatic carbocycles. The number of allylic oxidation sites excluding steroid dienone is 4. The lowest BCUT2D eigenvalue weighted by Gasteiger charge is -2.30. The smallest absolute Gasteiger partial charge is 0.0436 e. The normalized spacial score (nSPS) is 20.7. The average molecular weight is 266 g/mol. The van der Waals surface area contributed by atoms with Crippen LogP contribution in [-0.4, -0.2) is 31.1 Å². The van der Waals surface area contributed by atoms with Gasteiger partial charge in [0, 0.05) is 16.6 Å². The number of thioether (sulfide) groups is 1. The van der Waals surface area contributed by atoms with Gasteiger partial charge in [0.25, 0.3) is 0 Å². The minimum atomic E-state index is 0.619. The molecule has 1 rings (SSSR count). The summed E-state index contributed by atoms with van der Waals surface area (Å²) in [5.74, 6) is 0. The molecule has 0 radical (unpaired) electrons. The molecule has 1 aliphatic rings. The van der Waals surface area contributed by atoms with Crippen molar-refractivity contribution in [2.45, 2.75) is 39.7 Å². The first kappa shape index (κ1) is 15.4. The maximum atomic E-state index is 3.70. The van der Waals surface area contributed by atoms with Gasteiger partial charge in [-0.3, -0.25) is 0 Å². The van der Waals surface area contributed by atoms with E-state index in [1.54, 1.807) is 11.8 Å². The zero-order chi connectivity index (χ0) is 13.4. The zero-order valence-corrected chi connectivity index (χ0v) is 12.9. The van der Waals surface area contributed by atoms with Crippen molar-refractivity contribution in [3.05, 3.63) is 34.2 Å². The topological polar surface area (TPSA) is 15.3 Å². The highest BCUT2D eigenvalue weighted by Gasteiger charge is 2.16. The lowest BCUT2D eigenvalue weighted by molar-refractivity contribution is 0.242. The minimum absolute atomic E-state index is 0.619. The van der Waals surface area contributed by atoms with Gasteiger partial charge in [-0.25, -0.2) is 0 Å². The molecule has 0 aromatic heterocycles. The molecule has 0 saturated carbocycles. The van der Waals surface area contributed by atoms with E-state index < -0.39 is 0 Å². The van der Waals surface area contributed by atoms with Gasteiger partial charge in [-0.05, 0) is 65.2 Å². The Hall–Kier alpha value is -0.670.